The van der Waals surface area contributed by atoms with E-state index in [-0.39, 0.29) is 0 Å². The van der Waals surface area contributed by atoms with E-state index in [1.165, 1.54) is 6.08 Å². The fraction of sp³-hybridized carbons (Fsp3) is 0. The molecule has 0 aliphatic rings. The number of carbonyl (C=O) groups excluding carboxylic acids is 1. The fourth-order valence-corrected chi connectivity index (χ4v) is 0.218. The molecule has 0 aromatic carbocycles. The van der Waals surface area contributed by atoms with Crippen molar-refractivity contribution in [1.29, 1.82) is 0 Å². The van der Waals surface area contributed by atoms with Crippen molar-refractivity contribution < 1.29 is 4.79 Å². The fourth-order valence-electron chi connectivity index (χ4n) is 0.218. The van der Waals surface area contributed by atoms with Crippen LogP contribution >= 0.6 is 0 Å². The molecule has 0 N–H and O–H groups in total. The molecule has 0 aromatic rings. The van der Waals surface area contributed by atoms with Gasteiger partial charge in [-0.1, -0.05) is 18.7 Å². The molecule has 0 atom stereocenters. The highest BCUT2D eigenvalue weighted by Gasteiger charge is 1.54. The largest absolute Gasteiger partial charge is 0.234 e. The van der Waals surface area contributed by atoms with Gasteiger partial charge in [-0.05, 0) is 6.08 Å². The highest BCUT2D eigenvalue weighted by molar-refractivity contribution is 5.48. The molecule has 1 nitrogen and oxygen atoms in total. The van der Waals surface area contributed by atoms with Gasteiger partial charge in [-0.3, -0.25) is 0 Å². The Bertz CT molecular complexity index is 145. The van der Waals surface area contributed by atoms with E-state index < -0.39 is 0 Å². The molecule has 0 heterocycles. The van der Waals surface area contributed by atoms with Crippen molar-refractivity contribution in [2.24, 2.45) is 0 Å². The Hall–Kier alpha value is -1.29. The normalized spacial score (nSPS) is 7.50. The van der Waals surface area contributed by atoms with Crippen molar-refractivity contribution >= 4 is 5.94 Å². The molecule has 0 unspecified atom stereocenters. The predicted molar refractivity (Wildman–Crippen MR) is 33.1 cm³/mol. The van der Waals surface area contributed by atoms with Crippen LogP contribution in [0.4, 0.5) is 0 Å². The molecule has 0 aliphatic heterocycles. The third-order valence-electron chi connectivity index (χ3n) is 0.489. The Morgan fingerprint density at radius 1 is 1.25 bits per heavy atom. The van der Waals surface area contributed by atoms with Crippen molar-refractivity contribution in [2.45, 2.75) is 0 Å². The second-order valence-electron chi connectivity index (χ2n) is 1.04. The average molecular weight is 106 g/mol. The van der Waals surface area contributed by atoms with Crippen molar-refractivity contribution in [3.8, 4) is 0 Å². The molecule has 1 heteroatoms. The van der Waals surface area contributed by atoms with Gasteiger partial charge < -0.3 is 0 Å². The van der Waals surface area contributed by atoms with Gasteiger partial charge in [0, 0.05) is 6.08 Å². The zero-order valence-electron chi connectivity index (χ0n) is 4.42. The summed E-state index contributed by atoms with van der Waals surface area (Å²) in [5, 5.41) is 0. The summed E-state index contributed by atoms with van der Waals surface area (Å²) in [5.41, 5.74) is 2.51. The predicted octanol–water partition coefficient (Wildman–Crippen LogP) is 1.27. The van der Waals surface area contributed by atoms with Crippen LogP contribution in [0.25, 0.3) is 0 Å². The molecule has 8 heavy (non-hydrogen) atoms. The molecule has 0 rings (SSSR count). The van der Waals surface area contributed by atoms with Crippen LogP contribution in [0.1, 0.15) is 0 Å². The van der Waals surface area contributed by atoms with E-state index in [4.69, 9.17) is 0 Å². The lowest BCUT2D eigenvalue weighted by Gasteiger charge is -1.60. The van der Waals surface area contributed by atoms with E-state index in [9.17, 15) is 4.79 Å². The Kier molecular flexibility index (Phi) is 4.79. The van der Waals surface area contributed by atoms with Gasteiger partial charge in [0.25, 0.3) is 0 Å². The molecule has 40 valence electrons. The van der Waals surface area contributed by atoms with Gasteiger partial charge in [-0.2, -0.15) is 0 Å². The number of hydrogen-bond acceptors (Lipinski definition) is 1. The van der Waals surface area contributed by atoms with Crippen LogP contribution in [0.2, 0.25) is 0 Å². The van der Waals surface area contributed by atoms with E-state index in [2.05, 4.69) is 12.3 Å². The maximum atomic E-state index is 9.49. The smallest absolute Gasteiger partial charge is 0.124 e. The lowest BCUT2D eigenvalue weighted by atomic mass is 10.5. The molecule has 0 aromatic heterocycles. The highest BCUT2D eigenvalue weighted by atomic mass is 16.1. The number of hydrogen-bond donors (Lipinski definition) is 0. The van der Waals surface area contributed by atoms with Crippen LogP contribution in [0.5, 0.6) is 0 Å². The lowest BCUT2D eigenvalue weighted by molar-refractivity contribution is 0.569. The van der Waals surface area contributed by atoms with Crippen LogP contribution in [0, 0.1) is 0 Å². The highest BCUT2D eigenvalue weighted by Crippen LogP contribution is 1.71. The molecule has 0 saturated carbocycles. The molecule has 0 fully saturated rings. The van der Waals surface area contributed by atoms with Crippen molar-refractivity contribution in [2.75, 3.05) is 0 Å². The Morgan fingerprint density at radius 2 is 1.88 bits per heavy atom. The first-order valence-electron chi connectivity index (χ1n) is 2.14. The van der Waals surface area contributed by atoms with Gasteiger partial charge in [-0.25, -0.2) is 4.79 Å². The van der Waals surface area contributed by atoms with E-state index in [0.717, 1.165) is 0 Å². The zero-order valence-corrected chi connectivity index (χ0v) is 4.42. The molecular weight excluding hydrogens is 100 g/mol. The van der Waals surface area contributed by atoms with Gasteiger partial charge in [0.15, 0.2) is 0 Å². The van der Waals surface area contributed by atoms with Gasteiger partial charge >= 0.3 is 0 Å². The SMILES string of the molecule is C=C=C/C=C/C=C=O. The molecule has 0 amide bonds. The topological polar surface area (TPSA) is 17.1 Å². The molecule has 0 bridgehead atoms. The summed E-state index contributed by atoms with van der Waals surface area (Å²) in [6.45, 7) is 3.31. The van der Waals surface area contributed by atoms with Crippen LogP contribution in [0.15, 0.2) is 36.6 Å². The van der Waals surface area contributed by atoms with Gasteiger partial charge in [0.1, 0.15) is 5.94 Å². The Morgan fingerprint density at radius 3 is 2.38 bits per heavy atom. The second-order valence-corrected chi connectivity index (χ2v) is 1.04. The summed E-state index contributed by atoms with van der Waals surface area (Å²) >= 11 is 0. The van der Waals surface area contributed by atoms with Gasteiger partial charge in [0.2, 0.25) is 0 Å². The first-order valence-corrected chi connectivity index (χ1v) is 2.14. The van der Waals surface area contributed by atoms with Crippen LogP contribution < -0.4 is 0 Å². The van der Waals surface area contributed by atoms with E-state index in [1.54, 1.807) is 24.2 Å². The second kappa shape index (κ2) is 5.71. The number of rotatable bonds is 2. The van der Waals surface area contributed by atoms with Crippen molar-refractivity contribution in [1.82, 2.24) is 0 Å². The monoisotopic (exact) mass is 106 g/mol. The summed E-state index contributed by atoms with van der Waals surface area (Å²) in [5.74, 6) is 1.60. The maximum Gasteiger partial charge on any atom is 0.124 e. The minimum absolute atomic E-state index is 1.27. The zero-order chi connectivity index (χ0) is 6.24. The standard InChI is InChI=1S/C7H6O/c1-2-3-4-5-6-7-8/h3-6H,1H2/b5-4+. The first kappa shape index (κ1) is 6.71. The summed E-state index contributed by atoms with van der Waals surface area (Å²) < 4.78 is 0. The minimum Gasteiger partial charge on any atom is -0.234 e. The Labute approximate surface area is 48.3 Å². The molecular formula is C7H6O. The summed E-state index contributed by atoms with van der Waals surface area (Å²) in [4.78, 5) is 9.49. The average Bonchev–Trinajstić information content (AvgIpc) is 1.81. The lowest BCUT2D eigenvalue weighted by Crippen LogP contribution is -1.46. The third kappa shape index (κ3) is 4.71. The van der Waals surface area contributed by atoms with E-state index in [0.29, 0.717) is 0 Å². The van der Waals surface area contributed by atoms with Crippen LogP contribution in [0.3, 0.4) is 0 Å². The molecule has 0 saturated heterocycles. The third-order valence-corrected chi connectivity index (χ3v) is 0.489. The van der Waals surface area contributed by atoms with Gasteiger partial charge in [-0.15, -0.1) is 5.73 Å². The molecule has 0 spiro atoms. The Balaban J connectivity index is 3.66. The van der Waals surface area contributed by atoms with Crippen LogP contribution in [-0.2, 0) is 4.79 Å². The molecule has 0 aliphatic carbocycles. The summed E-state index contributed by atoms with van der Waals surface area (Å²) in [6.07, 6.45) is 6.09. The van der Waals surface area contributed by atoms with Crippen molar-refractivity contribution in [3.05, 3.63) is 36.6 Å². The number of allylic oxidation sites excluding steroid dienone is 4. The first-order chi connectivity index (χ1) is 3.91. The summed E-state index contributed by atoms with van der Waals surface area (Å²) in [7, 11) is 0. The van der Waals surface area contributed by atoms with E-state index in [1.807, 2.05) is 0 Å². The van der Waals surface area contributed by atoms with Gasteiger partial charge in [0.05, 0.1) is 0 Å². The summed E-state index contributed by atoms with van der Waals surface area (Å²) in [6, 6.07) is 0. The quantitative estimate of drug-likeness (QED) is 0.294. The van der Waals surface area contributed by atoms with E-state index >= 15 is 0 Å². The van der Waals surface area contributed by atoms with Crippen LogP contribution in [-0.4, -0.2) is 5.94 Å². The minimum atomic E-state index is 1.27. The maximum absolute atomic E-state index is 9.49. The molecule has 0 radical (unpaired) electrons. The van der Waals surface area contributed by atoms with Crippen molar-refractivity contribution in [3.63, 3.8) is 0 Å².